The fourth-order valence-electron chi connectivity index (χ4n) is 3.91. The molecule has 3 rings (SSSR count). The number of aryl methyl sites for hydroxylation is 1. The molecule has 0 spiro atoms. The summed E-state index contributed by atoms with van der Waals surface area (Å²) in [4.78, 5) is 48.5. The van der Waals surface area contributed by atoms with Crippen molar-refractivity contribution < 1.29 is 37.0 Å². The second-order valence-corrected chi connectivity index (χ2v) is 11.7. The van der Waals surface area contributed by atoms with E-state index >= 15 is 0 Å². The van der Waals surface area contributed by atoms with Crippen molar-refractivity contribution in [3.8, 4) is 11.1 Å². The van der Waals surface area contributed by atoms with E-state index in [9.17, 15) is 27.6 Å². The van der Waals surface area contributed by atoms with Crippen LogP contribution < -0.4 is 10.2 Å². The molecule has 3 aromatic rings. The molecule has 11 nitrogen and oxygen atoms in total. The van der Waals surface area contributed by atoms with Gasteiger partial charge >= 0.3 is 24.3 Å². The quantitative estimate of drug-likeness (QED) is 0.393. The molecular weight excluding hydrogens is 557 g/mol. The van der Waals surface area contributed by atoms with Crippen LogP contribution in [0, 0.1) is 0 Å². The molecule has 3 amide bonds. The smallest absolute Gasteiger partial charge is 0.444 e. The molecule has 0 saturated carbocycles. The second-order valence-electron chi connectivity index (χ2n) is 11.7. The lowest BCUT2D eigenvalue weighted by Crippen LogP contribution is -2.35. The molecule has 0 bridgehead atoms. The molecule has 1 N–H and O–H groups in total. The number of rotatable bonds is 5. The Morgan fingerprint density at radius 3 is 2.14 bits per heavy atom. The normalized spacial score (nSPS) is 12.2. The summed E-state index contributed by atoms with van der Waals surface area (Å²) in [7, 11) is 4.51. The van der Waals surface area contributed by atoms with Gasteiger partial charge in [-0.1, -0.05) is 18.2 Å². The number of carbonyl (C=O) groups is 3. The monoisotopic (exact) mass is 592 g/mol. The molecule has 0 atom stereocenters. The predicted octanol–water partition coefficient (Wildman–Crippen LogP) is 5.87. The Morgan fingerprint density at radius 2 is 1.57 bits per heavy atom. The van der Waals surface area contributed by atoms with E-state index in [2.05, 4.69) is 9.97 Å². The average Bonchev–Trinajstić information content (AvgIpc) is 3.21. The zero-order valence-electron chi connectivity index (χ0n) is 25.0. The number of alkyl halides is 3. The van der Waals surface area contributed by atoms with E-state index in [4.69, 9.17) is 9.47 Å². The summed E-state index contributed by atoms with van der Waals surface area (Å²) in [6.07, 6.45) is -5.18. The lowest BCUT2D eigenvalue weighted by molar-refractivity contribution is -0.167. The average molecular weight is 593 g/mol. The van der Waals surface area contributed by atoms with Gasteiger partial charge in [0.1, 0.15) is 22.5 Å². The van der Waals surface area contributed by atoms with Gasteiger partial charge < -0.3 is 24.3 Å². The van der Waals surface area contributed by atoms with Gasteiger partial charge in [0.2, 0.25) is 0 Å². The molecular formula is C28H35F3N6O5. The van der Waals surface area contributed by atoms with Crippen LogP contribution in [0.4, 0.5) is 34.4 Å². The first-order valence-corrected chi connectivity index (χ1v) is 12.9. The standard InChI is InChI=1S/C28H35F3N6O5/c1-26(2,3)41-24(39)35(7)14-16-11-10-12-17(13-16)18-20-19(32-15-36(20)8)22(37(9)25(40)42-27(4,5)6)33-21(18)34-23(38)28(29,30)31/h10-13,15H,14H2,1-9H3,(H,33,34,38). The number of fused-ring (bicyclic) bond motifs is 1. The van der Waals surface area contributed by atoms with Crippen LogP contribution >= 0.6 is 0 Å². The molecule has 0 unspecified atom stereocenters. The molecule has 0 aliphatic rings. The third-order valence-corrected chi connectivity index (χ3v) is 5.66. The highest BCUT2D eigenvalue weighted by Crippen LogP contribution is 2.39. The van der Waals surface area contributed by atoms with Crippen LogP contribution in [-0.4, -0.2) is 69.0 Å². The molecule has 0 aliphatic carbocycles. The number of halogens is 3. The van der Waals surface area contributed by atoms with Crippen LogP contribution in [0.3, 0.4) is 0 Å². The second kappa shape index (κ2) is 11.5. The Morgan fingerprint density at radius 1 is 0.976 bits per heavy atom. The zero-order valence-corrected chi connectivity index (χ0v) is 25.0. The maximum atomic E-state index is 13.4. The molecule has 2 aromatic heterocycles. The first-order valence-electron chi connectivity index (χ1n) is 12.9. The maximum absolute atomic E-state index is 13.4. The van der Waals surface area contributed by atoms with Gasteiger partial charge in [0, 0.05) is 27.7 Å². The number of amides is 3. The van der Waals surface area contributed by atoms with Crippen LogP contribution in [0.2, 0.25) is 0 Å². The van der Waals surface area contributed by atoms with E-state index in [-0.39, 0.29) is 23.4 Å². The van der Waals surface area contributed by atoms with Gasteiger partial charge in [0.05, 0.1) is 17.4 Å². The largest absolute Gasteiger partial charge is 0.471 e. The van der Waals surface area contributed by atoms with Crippen LogP contribution in [0.15, 0.2) is 30.6 Å². The van der Waals surface area contributed by atoms with Crippen molar-refractivity contribution in [2.45, 2.75) is 65.5 Å². The minimum atomic E-state index is -5.21. The number of ether oxygens (including phenoxy) is 2. The van der Waals surface area contributed by atoms with Gasteiger partial charge in [0.15, 0.2) is 5.82 Å². The number of imidazole rings is 1. The Balaban J connectivity index is 2.19. The van der Waals surface area contributed by atoms with Crippen molar-refractivity contribution in [3.05, 3.63) is 36.2 Å². The number of aromatic nitrogens is 3. The summed E-state index contributed by atoms with van der Waals surface area (Å²) in [5, 5.41) is 1.87. The van der Waals surface area contributed by atoms with Crippen LogP contribution in [0.1, 0.15) is 47.1 Å². The van der Waals surface area contributed by atoms with Crippen LogP contribution in [0.5, 0.6) is 0 Å². The number of nitrogens with zero attached hydrogens (tertiary/aromatic N) is 5. The fraction of sp³-hybridized carbons (Fsp3) is 0.464. The number of anilines is 2. The van der Waals surface area contributed by atoms with E-state index in [1.54, 1.807) is 84.5 Å². The summed E-state index contributed by atoms with van der Waals surface area (Å²) in [6, 6.07) is 6.68. The van der Waals surface area contributed by atoms with Crippen molar-refractivity contribution >= 4 is 40.8 Å². The lowest BCUT2D eigenvalue weighted by Gasteiger charge is -2.25. The SMILES string of the molecule is CN(Cc1cccc(-c2c(NC(=O)C(F)(F)F)nc(N(C)C(=O)OC(C)(C)C)c3ncn(C)c23)c1)C(=O)OC(C)(C)C. The third kappa shape index (κ3) is 7.68. The minimum Gasteiger partial charge on any atom is -0.444 e. The van der Waals surface area contributed by atoms with Crippen LogP contribution in [-0.2, 0) is 27.9 Å². The number of pyridine rings is 1. The number of carbonyl (C=O) groups excluding carboxylic acids is 3. The number of hydrogen-bond acceptors (Lipinski definition) is 7. The third-order valence-electron chi connectivity index (χ3n) is 5.66. The molecule has 2 heterocycles. The first kappa shape index (κ1) is 32.2. The molecule has 0 radical (unpaired) electrons. The summed E-state index contributed by atoms with van der Waals surface area (Å²) < 4.78 is 52.5. The predicted molar refractivity (Wildman–Crippen MR) is 151 cm³/mol. The topological polar surface area (TPSA) is 119 Å². The summed E-state index contributed by atoms with van der Waals surface area (Å²) in [5.41, 5.74) is 0.0474. The highest BCUT2D eigenvalue weighted by Gasteiger charge is 2.40. The minimum absolute atomic E-state index is 0.119. The lowest BCUT2D eigenvalue weighted by atomic mass is 10.0. The zero-order chi connectivity index (χ0) is 31.8. The van der Waals surface area contributed by atoms with E-state index in [1.807, 2.05) is 5.32 Å². The molecule has 0 saturated heterocycles. The van der Waals surface area contributed by atoms with Gasteiger partial charge in [-0.05, 0) is 58.7 Å². The van der Waals surface area contributed by atoms with Crippen LogP contribution in [0.25, 0.3) is 22.2 Å². The van der Waals surface area contributed by atoms with Crippen molar-refractivity contribution in [3.63, 3.8) is 0 Å². The molecule has 0 fully saturated rings. The summed E-state index contributed by atoms with van der Waals surface area (Å²) in [5.74, 6) is -2.82. The van der Waals surface area contributed by atoms with E-state index in [0.29, 0.717) is 16.6 Å². The highest BCUT2D eigenvalue weighted by molar-refractivity contribution is 6.09. The molecule has 14 heteroatoms. The number of benzene rings is 1. The number of nitrogens with one attached hydrogen (secondary N) is 1. The molecule has 1 aromatic carbocycles. The van der Waals surface area contributed by atoms with Gasteiger partial charge in [-0.25, -0.2) is 19.6 Å². The maximum Gasteiger partial charge on any atom is 0.471 e. The molecule has 228 valence electrons. The molecule has 42 heavy (non-hydrogen) atoms. The van der Waals surface area contributed by atoms with Gasteiger partial charge in [-0.2, -0.15) is 13.2 Å². The van der Waals surface area contributed by atoms with Crippen molar-refractivity contribution in [2.75, 3.05) is 24.3 Å². The van der Waals surface area contributed by atoms with E-state index < -0.39 is 41.3 Å². The van der Waals surface area contributed by atoms with E-state index in [0.717, 1.165) is 4.90 Å². The van der Waals surface area contributed by atoms with Gasteiger partial charge in [-0.15, -0.1) is 0 Å². The Hall–Kier alpha value is -4.36. The first-order chi connectivity index (χ1) is 19.2. The highest BCUT2D eigenvalue weighted by atomic mass is 19.4. The summed E-state index contributed by atoms with van der Waals surface area (Å²) >= 11 is 0. The van der Waals surface area contributed by atoms with Crippen molar-refractivity contribution in [1.82, 2.24) is 19.4 Å². The molecule has 0 aliphatic heterocycles. The van der Waals surface area contributed by atoms with E-state index in [1.165, 1.54) is 18.3 Å². The fourth-order valence-corrected chi connectivity index (χ4v) is 3.91. The van der Waals surface area contributed by atoms with Gasteiger partial charge in [0.25, 0.3) is 0 Å². The summed E-state index contributed by atoms with van der Waals surface area (Å²) in [6.45, 7) is 10.3. The Bertz CT molecular complexity index is 1500. The van der Waals surface area contributed by atoms with Gasteiger partial charge in [-0.3, -0.25) is 9.69 Å². The Labute approximate surface area is 241 Å². The van der Waals surface area contributed by atoms with Crippen molar-refractivity contribution in [2.24, 2.45) is 7.05 Å². The number of hydrogen-bond donors (Lipinski definition) is 1. The Kier molecular flexibility index (Phi) is 8.80. The van der Waals surface area contributed by atoms with Crippen molar-refractivity contribution in [1.29, 1.82) is 0 Å².